The maximum atomic E-state index is 12.9. The summed E-state index contributed by atoms with van der Waals surface area (Å²) in [5.74, 6) is -1.43. The van der Waals surface area contributed by atoms with Gasteiger partial charge in [-0.05, 0) is 39.8 Å². The molecule has 1 aliphatic rings. The normalized spacial score (nSPS) is 20.9. The second-order valence-corrected chi connectivity index (χ2v) is 8.19. The van der Waals surface area contributed by atoms with Gasteiger partial charge in [0.1, 0.15) is 17.4 Å². The number of nitrogens with one attached hydrogen (secondary N) is 2. The van der Waals surface area contributed by atoms with E-state index in [1.54, 1.807) is 20.8 Å². The molecule has 0 aliphatic carbocycles. The number of hydrogen-bond acceptors (Lipinski definition) is 7. The van der Waals surface area contributed by atoms with Gasteiger partial charge >= 0.3 is 5.97 Å². The van der Waals surface area contributed by atoms with Crippen LogP contribution in [0.3, 0.4) is 0 Å². The van der Waals surface area contributed by atoms with Crippen molar-refractivity contribution in [3.63, 3.8) is 0 Å². The van der Waals surface area contributed by atoms with Gasteiger partial charge in [0, 0.05) is 18.5 Å². The van der Waals surface area contributed by atoms with Crippen molar-refractivity contribution in [1.82, 2.24) is 10.6 Å². The number of amides is 1. The number of benzene rings is 1. The molecule has 8 nitrogen and oxygen atoms in total. The van der Waals surface area contributed by atoms with E-state index < -0.39 is 35.5 Å². The Balaban J connectivity index is 2.32. The number of aliphatic hydroxyl groups is 1. The molecule has 1 saturated heterocycles. The van der Waals surface area contributed by atoms with Gasteiger partial charge in [0.25, 0.3) is 5.91 Å². The van der Waals surface area contributed by atoms with E-state index in [1.165, 1.54) is 19.2 Å². The van der Waals surface area contributed by atoms with Crippen LogP contribution in [0.5, 0.6) is 5.75 Å². The van der Waals surface area contributed by atoms with Crippen molar-refractivity contribution in [2.24, 2.45) is 5.92 Å². The van der Waals surface area contributed by atoms with Crippen molar-refractivity contribution in [3.8, 4) is 5.75 Å². The number of halogens is 1. The van der Waals surface area contributed by atoms with E-state index in [2.05, 4.69) is 10.6 Å². The van der Waals surface area contributed by atoms with E-state index in [0.717, 1.165) is 0 Å². The second-order valence-electron chi connectivity index (χ2n) is 7.78. The number of β-amino-alcohol motifs (C(OH)–C–C–N with tert-alkyl or cyclic N) is 1. The maximum absolute atomic E-state index is 12.9. The fraction of sp³-hybridized carbons (Fsp3) is 0.579. The third kappa shape index (κ3) is 5.50. The summed E-state index contributed by atoms with van der Waals surface area (Å²) in [4.78, 5) is 25.7. The van der Waals surface area contributed by atoms with Gasteiger partial charge in [-0.3, -0.25) is 4.79 Å². The molecule has 5 N–H and O–H groups in total. The zero-order valence-electron chi connectivity index (χ0n) is 16.5. The van der Waals surface area contributed by atoms with Gasteiger partial charge in [-0.2, -0.15) is 0 Å². The number of ether oxygens (including phenoxy) is 2. The van der Waals surface area contributed by atoms with Crippen LogP contribution in [0, 0.1) is 5.92 Å². The van der Waals surface area contributed by atoms with Gasteiger partial charge in [-0.1, -0.05) is 11.6 Å². The molecule has 0 aromatic heterocycles. The van der Waals surface area contributed by atoms with Crippen LogP contribution >= 0.6 is 11.6 Å². The van der Waals surface area contributed by atoms with Gasteiger partial charge in [0.2, 0.25) is 0 Å². The molecule has 0 radical (unpaired) electrons. The molecular formula is C19H28ClN3O5. The molecular weight excluding hydrogens is 386 g/mol. The molecule has 2 rings (SSSR count). The van der Waals surface area contributed by atoms with Gasteiger partial charge in [-0.15, -0.1) is 0 Å². The fourth-order valence-electron chi connectivity index (χ4n) is 3.09. The van der Waals surface area contributed by atoms with E-state index in [0.29, 0.717) is 19.5 Å². The highest BCUT2D eigenvalue weighted by Crippen LogP contribution is 2.29. The molecule has 0 spiro atoms. The molecule has 3 atom stereocenters. The van der Waals surface area contributed by atoms with Crippen molar-refractivity contribution in [2.75, 3.05) is 25.9 Å². The number of rotatable bonds is 5. The summed E-state index contributed by atoms with van der Waals surface area (Å²) in [6.07, 6.45) is -0.297. The van der Waals surface area contributed by atoms with Crippen LogP contribution in [0.25, 0.3) is 0 Å². The Labute approximate surface area is 169 Å². The van der Waals surface area contributed by atoms with E-state index >= 15 is 0 Å². The van der Waals surface area contributed by atoms with Gasteiger partial charge in [0.05, 0.1) is 29.5 Å². The van der Waals surface area contributed by atoms with Crippen molar-refractivity contribution in [2.45, 2.75) is 44.9 Å². The first-order valence-corrected chi connectivity index (χ1v) is 9.47. The van der Waals surface area contributed by atoms with E-state index in [4.69, 9.17) is 26.8 Å². The third-order valence-electron chi connectivity index (χ3n) is 4.44. The molecule has 1 aliphatic heterocycles. The molecule has 9 heteroatoms. The highest BCUT2D eigenvalue weighted by molar-refractivity contribution is 6.33. The Kier molecular flexibility index (Phi) is 7.14. The minimum atomic E-state index is -1.02. The summed E-state index contributed by atoms with van der Waals surface area (Å²) in [6, 6.07) is 1.81. The predicted molar refractivity (Wildman–Crippen MR) is 106 cm³/mol. The minimum Gasteiger partial charge on any atom is -0.496 e. The standard InChI is InChI=1S/C19H28ClN3O5/c1-19(2,3)28-18(26)16(10-5-6-22-9-14(10)24)23-17(25)11-7-12(20)13(21)8-15(11)27-4/h7-8,10,14,16,22,24H,5-6,9,21H2,1-4H3,(H,23,25). The maximum Gasteiger partial charge on any atom is 0.329 e. The first kappa shape index (κ1) is 22.3. The predicted octanol–water partition coefficient (Wildman–Crippen LogP) is 1.34. The SMILES string of the molecule is COc1cc(N)c(Cl)cc1C(=O)NC(C(=O)OC(C)(C)C)C1CCNCC1O. The molecule has 0 bridgehead atoms. The second kappa shape index (κ2) is 8.98. The molecule has 1 heterocycles. The monoisotopic (exact) mass is 413 g/mol. The van der Waals surface area contributed by atoms with Gasteiger partial charge < -0.3 is 30.9 Å². The average molecular weight is 414 g/mol. The Morgan fingerprint density at radius 3 is 2.64 bits per heavy atom. The lowest BCUT2D eigenvalue weighted by Gasteiger charge is -2.35. The topological polar surface area (TPSA) is 123 Å². The number of nitrogens with two attached hydrogens (primary N) is 1. The van der Waals surface area contributed by atoms with E-state index in [9.17, 15) is 14.7 Å². The lowest BCUT2D eigenvalue weighted by atomic mass is 9.87. The Hall–Kier alpha value is -2.03. The summed E-state index contributed by atoms with van der Waals surface area (Å²) < 4.78 is 10.7. The fourth-order valence-corrected chi connectivity index (χ4v) is 3.26. The van der Waals surface area contributed by atoms with Crippen LogP contribution in [0.4, 0.5) is 5.69 Å². The van der Waals surface area contributed by atoms with E-state index in [-0.39, 0.29) is 22.0 Å². The van der Waals surface area contributed by atoms with Crippen LogP contribution < -0.4 is 21.1 Å². The van der Waals surface area contributed by atoms with Crippen molar-refractivity contribution >= 4 is 29.2 Å². The molecule has 0 saturated carbocycles. The zero-order valence-corrected chi connectivity index (χ0v) is 17.3. The number of nitrogen functional groups attached to an aromatic ring is 1. The number of hydrogen-bond donors (Lipinski definition) is 4. The highest BCUT2D eigenvalue weighted by atomic mass is 35.5. The minimum absolute atomic E-state index is 0.138. The third-order valence-corrected chi connectivity index (χ3v) is 4.77. The number of methoxy groups -OCH3 is 1. The smallest absolute Gasteiger partial charge is 0.329 e. The Morgan fingerprint density at radius 1 is 1.39 bits per heavy atom. The van der Waals surface area contributed by atoms with Crippen molar-refractivity contribution < 1.29 is 24.2 Å². The molecule has 3 unspecified atom stereocenters. The quantitative estimate of drug-likeness (QED) is 0.424. The largest absolute Gasteiger partial charge is 0.496 e. The van der Waals surface area contributed by atoms with Gasteiger partial charge in [-0.25, -0.2) is 4.79 Å². The lowest BCUT2D eigenvalue weighted by molar-refractivity contribution is -0.160. The Morgan fingerprint density at radius 2 is 2.07 bits per heavy atom. The lowest BCUT2D eigenvalue weighted by Crippen LogP contribution is -2.56. The number of esters is 1. The summed E-state index contributed by atoms with van der Waals surface area (Å²) in [7, 11) is 1.40. The first-order chi connectivity index (χ1) is 13.0. The molecule has 1 amide bonds. The number of anilines is 1. The average Bonchev–Trinajstić information content (AvgIpc) is 2.60. The molecule has 28 heavy (non-hydrogen) atoms. The molecule has 156 valence electrons. The molecule has 1 aromatic carbocycles. The van der Waals surface area contributed by atoms with Gasteiger partial charge in [0.15, 0.2) is 0 Å². The summed E-state index contributed by atoms with van der Waals surface area (Å²) >= 11 is 6.04. The van der Waals surface area contributed by atoms with Crippen LogP contribution in [0.1, 0.15) is 37.6 Å². The first-order valence-electron chi connectivity index (χ1n) is 9.09. The van der Waals surface area contributed by atoms with Crippen molar-refractivity contribution in [1.29, 1.82) is 0 Å². The summed E-state index contributed by atoms with van der Waals surface area (Å²) in [5.41, 5.74) is 5.43. The Bertz CT molecular complexity index is 735. The number of aliphatic hydroxyl groups excluding tert-OH is 1. The van der Waals surface area contributed by atoms with E-state index in [1.807, 2.05) is 0 Å². The number of carbonyl (C=O) groups excluding carboxylic acids is 2. The van der Waals surface area contributed by atoms with Crippen LogP contribution in [-0.2, 0) is 9.53 Å². The summed E-state index contributed by atoms with van der Waals surface area (Å²) in [6.45, 7) is 6.17. The van der Waals surface area contributed by atoms with Crippen LogP contribution in [0.2, 0.25) is 5.02 Å². The number of carbonyl (C=O) groups is 2. The number of piperidine rings is 1. The summed E-state index contributed by atoms with van der Waals surface area (Å²) in [5, 5.41) is 16.3. The zero-order chi connectivity index (χ0) is 21.1. The molecule has 1 fully saturated rings. The van der Waals surface area contributed by atoms with Crippen molar-refractivity contribution in [3.05, 3.63) is 22.7 Å². The van der Waals surface area contributed by atoms with Crippen LogP contribution in [-0.4, -0.2) is 54.9 Å². The molecule has 1 aromatic rings. The highest BCUT2D eigenvalue weighted by Gasteiger charge is 2.39. The van der Waals surface area contributed by atoms with Crippen LogP contribution in [0.15, 0.2) is 12.1 Å².